The van der Waals surface area contributed by atoms with E-state index in [0.717, 1.165) is 17.8 Å². The van der Waals surface area contributed by atoms with Crippen LogP contribution in [0.2, 0.25) is 0 Å². The second kappa shape index (κ2) is 5.45. The van der Waals surface area contributed by atoms with Crippen molar-refractivity contribution in [2.75, 3.05) is 24.5 Å². The van der Waals surface area contributed by atoms with Crippen LogP contribution >= 0.6 is 11.3 Å². The number of pyridine rings is 1. The first-order chi connectivity index (χ1) is 11.2. The number of thiophene rings is 1. The molecule has 4 rings (SSSR count). The predicted molar refractivity (Wildman–Crippen MR) is 88.5 cm³/mol. The third-order valence-corrected chi connectivity index (χ3v) is 5.56. The molecular weight excluding hydrogens is 310 g/mol. The third-order valence-electron chi connectivity index (χ3n) is 4.70. The Morgan fingerprint density at radius 3 is 2.87 bits per heavy atom. The van der Waals surface area contributed by atoms with Crippen LogP contribution in [0.3, 0.4) is 0 Å². The van der Waals surface area contributed by atoms with E-state index in [1.165, 1.54) is 11.3 Å². The van der Waals surface area contributed by atoms with E-state index in [1.54, 1.807) is 11.1 Å². The lowest BCUT2D eigenvalue weighted by atomic mass is 9.86. The van der Waals surface area contributed by atoms with Gasteiger partial charge in [0, 0.05) is 37.7 Å². The predicted octanol–water partition coefficient (Wildman–Crippen LogP) is 2.41. The number of likely N-dealkylation sites (tertiary alicyclic amines) is 1. The highest BCUT2D eigenvalue weighted by molar-refractivity contribution is 7.12. The Kier molecular flexibility index (Phi) is 3.41. The molecule has 2 fully saturated rings. The summed E-state index contributed by atoms with van der Waals surface area (Å²) in [5, 5.41) is 1.92. The molecule has 1 atom stereocenters. The van der Waals surface area contributed by atoms with Gasteiger partial charge in [-0.3, -0.25) is 14.5 Å². The molecule has 0 radical (unpaired) electrons. The van der Waals surface area contributed by atoms with Gasteiger partial charge < -0.3 is 4.90 Å². The molecule has 0 bridgehead atoms. The minimum absolute atomic E-state index is 0.0839. The summed E-state index contributed by atoms with van der Waals surface area (Å²) in [7, 11) is 0. The molecule has 0 N–H and O–H groups in total. The van der Waals surface area contributed by atoms with Gasteiger partial charge in [0.25, 0.3) is 5.91 Å². The lowest BCUT2D eigenvalue weighted by molar-refractivity contribution is -0.117. The minimum Gasteiger partial charge on any atom is -0.337 e. The Morgan fingerprint density at radius 1 is 1.22 bits per heavy atom. The van der Waals surface area contributed by atoms with Crippen LogP contribution in [-0.2, 0) is 4.79 Å². The zero-order valence-corrected chi connectivity index (χ0v) is 13.5. The number of amides is 2. The maximum atomic E-state index is 12.5. The van der Waals surface area contributed by atoms with Crippen molar-refractivity contribution in [1.82, 2.24) is 9.88 Å². The Hall–Kier alpha value is -2.21. The fourth-order valence-corrected chi connectivity index (χ4v) is 4.25. The van der Waals surface area contributed by atoms with Gasteiger partial charge in [-0.2, -0.15) is 0 Å². The van der Waals surface area contributed by atoms with E-state index in [2.05, 4.69) is 4.98 Å². The molecule has 2 aromatic heterocycles. The molecule has 1 spiro atoms. The molecule has 2 aromatic rings. The summed E-state index contributed by atoms with van der Waals surface area (Å²) in [6.45, 7) is 2.02. The summed E-state index contributed by atoms with van der Waals surface area (Å²) in [6.07, 6.45) is 3.08. The van der Waals surface area contributed by atoms with Crippen LogP contribution in [0.5, 0.6) is 0 Å². The van der Waals surface area contributed by atoms with Crippen molar-refractivity contribution in [3.63, 3.8) is 0 Å². The van der Waals surface area contributed by atoms with Crippen LogP contribution in [-0.4, -0.2) is 41.3 Å². The molecular formula is C17H17N3O2S. The van der Waals surface area contributed by atoms with Gasteiger partial charge in [0.05, 0.1) is 4.88 Å². The molecule has 118 valence electrons. The first kappa shape index (κ1) is 14.4. The molecule has 0 saturated carbocycles. The van der Waals surface area contributed by atoms with Crippen molar-refractivity contribution in [1.29, 1.82) is 0 Å². The van der Waals surface area contributed by atoms with Crippen LogP contribution in [0, 0.1) is 5.41 Å². The minimum atomic E-state index is -0.123. The monoisotopic (exact) mass is 327 g/mol. The summed E-state index contributed by atoms with van der Waals surface area (Å²) in [5.41, 5.74) is -0.123. The van der Waals surface area contributed by atoms with Crippen molar-refractivity contribution in [3.8, 4) is 0 Å². The molecule has 2 amide bonds. The molecule has 0 unspecified atom stereocenters. The summed E-state index contributed by atoms with van der Waals surface area (Å²) in [6, 6.07) is 9.35. The highest BCUT2D eigenvalue weighted by Gasteiger charge is 2.49. The molecule has 0 aliphatic carbocycles. The van der Waals surface area contributed by atoms with E-state index in [-0.39, 0.29) is 17.2 Å². The Morgan fingerprint density at radius 2 is 2.13 bits per heavy atom. The molecule has 2 aliphatic rings. The van der Waals surface area contributed by atoms with Crippen LogP contribution in [0.25, 0.3) is 0 Å². The SMILES string of the molecule is O=C(c1cccs1)N1CC[C@@]2(CC(=O)N(c3ccccn3)C2)C1. The first-order valence-electron chi connectivity index (χ1n) is 7.71. The van der Waals surface area contributed by atoms with Crippen molar-refractivity contribution in [3.05, 3.63) is 46.8 Å². The fraction of sp³-hybridized carbons (Fsp3) is 0.353. The maximum absolute atomic E-state index is 12.5. The average Bonchev–Trinajstić information content (AvgIpc) is 3.29. The summed E-state index contributed by atoms with van der Waals surface area (Å²) >= 11 is 1.47. The summed E-state index contributed by atoms with van der Waals surface area (Å²) in [4.78, 5) is 33.6. The van der Waals surface area contributed by atoms with Gasteiger partial charge >= 0.3 is 0 Å². The lowest BCUT2D eigenvalue weighted by Crippen LogP contribution is -2.34. The zero-order chi connectivity index (χ0) is 15.9. The Labute approximate surface area is 138 Å². The molecule has 6 heteroatoms. The van der Waals surface area contributed by atoms with Gasteiger partial charge in [-0.25, -0.2) is 4.98 Å². The lowest BCUT2D eigenvalue weighted by Gasteiger charge is -2.23. The topological polar surface area (TPSA) is 53.5 Å². The Balaban J connectivity index is 1.51. The van der Waals surface area contributed by atoms with Crippen LogP contribution < -0.4 is 4.90 Å². The standard InChI is InChI=1S/C17H17N3O2S/c21-15-10-17(12-20(15)14-5-1-2-7-18-14)6-8-19(11-17)16(22)13-4-3-9-23-13/h1-5,7,9H,6,8,10-12H2/t17-/m1/s1. The van der Waals surface area contributed by atoms with E-state index in [9.17, 15) is 9.59 Å². The molecule has 2 aliphatic heterocycles. The number of anilines is 1. The molecule has 2 saturated heterocycles. The van der Waals surface area contributed by atoms with Gasteiger partial charge in [0.15, 0.2) is 0 Å². The maximum Gasteiger partial charge on any atom is 0.263 e. The van der Waals surface area contributed by atoms with E-state index < -0.39 is 0 Å². The van der Waals surface area contributed by atoms with Crippen LogP contribution in [0.4, 0.5) is 5.82 Å². The average molecular weight is 327 g/mol. The van der Waals surface area contributed by atoms with Crippen LogP contribution in [0.1, 0.15) is 22.5 Å². The smallest absolute Gasteiger partial charge is 0.263 e. The molecule has 0 aromatic carbocycles. The second-order valence-corrected chi connectivity index (χ2v) is 7.25. The number of aromatic nitrogens is 1. The third kappa shape index (κ3) is 2.53. The van der Waals surface area contributed by atoms with Crippen molar-refractivity contribution >= 4 is 29.0 Å². The summed E-state index contributed by atoms with van der Waals surface area (Å²) < 4.78 is 0. The number of carbonyl (C=O) groups excluding carboxylic acids is 2. The van der Waals surface area contributed by atoms with Gasteiger partial charge in [-0.1, -0.05) is 12.1 Å². The van der Waals surface area contributed by atoms with Crippen molar-refractivity contribution in [2.24, 2.45) is 5.41 Å². The largest absolute Gasteiger partial charge is 0.337 e. The quantitative estimate of drug-likeness (QED) is 0.851. The first-order valence-corrected chi connectivity index (χ1v) is 8.59. The number of hydrogen-bond donors (Lipinski definition) is 0. The van der Waals surface area contributed by atoms with Gasteiger partial charge in [-0.15, -0.1) is 11.3 Å². The number of nitrogens with zero attached hydrogens (tertiary/aromatic N) is 3. The van der Waals surface area contributed by atoms with E-state index in [4.69, 9.17) is 0 Å². The number of hydrogen-bond acceptors (Lipinski definition) is 4. The van der Waals surface area contributed by atoms with Gasteiger partial charge in [0.2, 0.25) is 5.91 Å². The summed E-state index contributed by atoms with van der Waals surface area (Å²) in [5.74, 6) is 0.896. The highest BCUT2D eigenvalue weighted by atomic mass is 32.1. The number of rotatable bonds is 2. The van der Waals surface area contributed by atoms with E-state index in [1.807, 2.05) is 40.6 Å². The van der Waals surface area contributed by atoms with Crippen LogP contribution in [0.15, 0.2) is 41.9 Å². The number of carbonyl (C=O) groups is 2. The Bertz CT molecular complexity index is 732. The van der Waals surface area contributed by atoms with E-state index in [0.29, 0.717) is 25.3 Å². The fourth-order valence-electron chi connectivity index (χ4n) is 3.56. The molecule has 5 nitrogen and oxygen atoms in total. The van der Waals surface area contributed by atoms with Gasteiger partial charge in [0.1, 0.15) is 5.82 Å². The zero-order valence-electron chi connectivity index (χ0n) is 12.6. The van der Waals surface area contributed by atoms with Crippen molar-refractivity contribution in [2.45, 2.75) is 12.8 Å². The second-order valence-electron chi connectivity index (χ2n) is 6.30. The van der Waals surface area contributed by atoms with Crippen molar-refractivity contribution < 1.29 is 9.59 Å². The molecule has 23 heavy (non-hydrogen) atoms. The molecule has 4 heterocycles. The van der Waals surface area contributed by atoms with E-state index >= 15 is 0 Å². The normalized spacial score (nSPS) is 23.9. The van der Waals surface area contributed by atoms with Gasteiger partial charge in [-0.05, 0) is 30.0 Å². The highest BCUT2D eigenvalue weighted by Crippen LogP contribution is 2.41.